The van der Waals surface area contributed by atoms with Crippen molar-refractivity contribution < 1.29 is 19.1 Å². The summed E-state index contributed by atoms with van der Waals surface area (Å²) < 4.78 is 13.7. The molecule has 0 bridgehead atoms. The van der Waals surface area contributed by atoms with Gasteiger partial charge in [-0.15, -0.1) is 0 Å². The fourth-order valence-corrected chi connectivity index (χ4v) is 3.28. The summed E-state index contributed by atoms with van der Waals surface area (Å²) in [5, 5.41) is 14.3. The molecule has 2 heterocycles. The second-order valence-corrected chi connectivity index (χ2v) is 6.89. The van der Waals surface area contributed by atoms with Crippen LogP contribution < -0.4 is 4.74 Å². The minimum Gasteiger partial charge on any atom is -0.493 e. The Morgan fingerprint density at radius 2 is 2.00 bits per heavy atom. The fraction of sp³-hybridized carbons (Fsp3) is 0.217. The van der Waals surface area contributed by atoms with Crippen LogP contribution >= 0.6 is 0 Å². The number of nitrogens with zero attached hydrogens (tertiary/aromatic N) is 2. The Bertz CT molecular complexity index is 1070. The number of fused-ring (bicyclic) bond motifs is 1. The molecular weight excluding hydrogens is 368 g/mol. The number of benzene rings is 2. The van der Waals surface area contributed by atoms with Gasteiger partial charge in [-0.1, -0.05) is 30.3 Å². The van der Waals surface area contributed by atoms with Gasteiger partial charge in [-0.3, -0.25) is 9.48 Å². The molecule has 4 rings (SSSR count). The van der Waals surface area contributed by atoms with Crippen molar-refractivity contribution >= 4 is 16.9 Å². The van der Waals surface area contributed by atoms with Crippen LogP contribution in [0.3, 0.4) is 0 Å². The minimum absolute atomic E-state index is 0.0679. The summed E-state index contributed by atoms with van der Waals surface area (Å²) in [7, 11) is 0. The molecule has 0 unspecified atom stereocenters. The lowest BCUT2D eigenvalue weighted by molar-refractivity contribution is -0.136. The van der Waals surface area contributed by atoms with Crippen molar-refractivity contribution in [3.8, 4) is 5.75 Å². The molecule has 2 aromatic carbocycles. The number of carboxylic acid groups (broad SMARTS) is 1. The highest BCUT2D eigenvalue weighted by molar-refractivity contribution is 5.77. The molecule has 148 valence electrons. The Morgan fingerprint density at radius 3 is 2.79 bits per heavy atom. The largest absolute Gasteiger partial charge is 0.493 e. The average Bonchev–Trinajstić information content (AvgIpc) is 3.36. The van der Waals surface area contributed by atoms with Gasteiger partial charge in [0, 0.05) is 30.6 Å². The van der Waals surface area contributed by atoms with E-state index in [1.165, 1.54) is 0 Å². The average molecular weight is 390 g/mol. The maximum Gasteiger partial charge on any atom is 0.303 e. The van der Waals surface area contributed by atoms with Crippen molar-refractivity contribution in [2.75, 3.05) is 6.61 Å². The van der Waals surface area contributed by atoms with Crippen LogP contribution in [0.15, 0.2) is 71.4 Å². The molecule has 0 aliphatic heterocycles. The van der Waals surface area contributed by atoms with Gasteiger partial charge in [-0.05, 0) is 41.8 Å². The monoisotopic (exact) mass is 390 g/mol. The number of hydrogen-bond donors (Lipinski definition) is 1. The van der Waals surface area contributed by atoms with E-state index in [-0.39, 0.29) is 6.42 Å². The third-order valence-electron chi connectivity index (χ3n) is 4.73. The van der Waals surface area contributed by atoms with Crippen LogP contribution in [0.1, 0.15) is 23.3 Å². The predicted molar refractivity (Wildman–Crippen MR) is 109 cm³/mol. The topological polar surface area (TPSA) is 77.5 Å². The molecule has 29 heavy (non-hydrogen) atoms. The first-order chi connectivity index (χ1) is 14.2. The smallest absolute Gasteiger partial charge is 0.303 e. The molecule has 2 aromatic heterocycles. The van der Waals surface area contributed by atoms with E-state index in [1.54, 1.807) is 6.20 Å². The normalized spacial score (nSPS) is 11.0. The molecule has 0 spiro atoms. The van der Waals surface area contributed by atoms with E-state index in [9.17, 15) is 4.79 Å². The molecule has 6 heteroatoms. The Labute approximate surface area is 168 Å². The second-order valence-electron chi connectivity index (χ2n) is 6.89. The number of carbonyl (C=O) groups is 1. The highest BCUT2D eigenvalue weighted by atomic mass is 16.5. The lowest BCUT2D eigenvalue weighted by Gasteiger charge is -2.13. The standard InChI is InChI=1S/C23H22N2O4/c26-23(27)9-8-18-7-6-17(16-25-12-3-11-24-25)14-22(18)28-13-10-20-15-19-4-1-2-5-21(19)29-20/h1-7,11-12,14-15H,8-10,13,16H2,(H,26,27). The van der Waals surface area contributed by atoms with Gasteiger partial charge in [0.05, 0.1) is 13.2 Å². The van der Waals surface area contributed by atoms with Crippen molar-refractivity contribution in [3.05, 3.63) is 83.9 Å². The number of aryl methyl sites for hydroxylation is 1. The molecular formula is C23H22N2O4. The summed E-state index contributed by atoms with van der Waals surface area (Å²) in [6.07, 6.45) is 4.78. The van der Waals surface area contributed by atoms with E-state index in [4.69, 9.17) is 14.3 Å². The van der Waals surface area contributed by atoms with Gasteiger partial charge in [0.2, 0.25) is 0 Å². The molecule has 6 nitrogen and oxygen atoms in total. The Morgan fingerprint density at radius 1 is 1.10 bits per heavy atom. The lowest BCUT2D eigenvalue weighted by Crippen LogP contribution is -2.06. The van der Waals surface area contributed by atoms with E-state index >= 15 is 0 Å². The molecule has 1 N–H and O–H groups in total. The maximum absolute atomic E-state index is 11.0. The summed E-state index contributed by atoms with van der Waals surface area (Å²) in [6.45, 7) is 1.08. The Balaban J connectivity index is 1.46. The molecule has 0 atom stereocenters. The van der Waals surface area contributed by atoms with Crippen LogP contribution in [-0.2, 0) is 24.2 Å². The minimum atomic E-state index is -0.821. The van der Waals surface area contributed by atoms with E-state index in [2.05, 4.69) is 5.10 Å². The summed E-state index contributed by atoms with van der Waals surface area (Å²) >= 11 is 0. The number of carboxylic acids is 1. The SMILES string of the molecule is O=C(O)CCc1ccc(Cn2cccn2)cc1OCCc1cc2ccccc2o1. The Hall–Kier alpha value is -3.54. The number of aromatic nitrogens is 2. The molecule has 4 aromatic rings. The van der Waals surface area contributed by atoms with Crippen LogP contribution in [0.5, 0.6) is 5.75 Å². The summed E-state index contributed by atoms with van der Waals surface area (Å²) in [5.74, 6) is 0.761. The first kappa shape index (κ1) is 18.8. The first-order valence-corrected chi connectivity index (χ1v) is 9.59. The van der Waals surface area contributed by atoms with Gasteiger partial charge >= 0.3 is 5.97 Å². The molecule has 0 saturated carbocycles. The zero-order chi connectivity index (χ0) is 20.1. The van der Waals surface area contributed by atoms with Gasteiger partial charge in [0.1, 0.15) is 17.1 Å². The number of ether oxygens (including phenoxy) is 1. The van der Waals surface area contributed by atoms with E-state index < -0.39 is 5.97 Å². The number of rotatable bonds is 9. The Kier molecular flexibility index (Phi) is 5.61. The molecule has 0 saturated heterocycles. The van der Waals surface area contributed by atoms with Crippen LogP contribution in [-0.4, -0.2) is 27.5 Å². The second kappa shape index (κ2) is 8.65. The van der Waals surface area contributed by atoms with Crippen molar-refractivity contribution in [2.45, 2.75) is 25.8 Å². The van der Waals surface area contributed by atoms with Gasteiger partial charge in [0.15, 0.2) is 0 Å². The van der Waals surface area contributed by atoms with E-state index in [0.29, 0.717) is 31.7 Å². The molecule has 0 fully saturated rings. The van der Waals surface area contributed by atoms with Crippen LogP contribution in [0.4, 0.5) is 0 Å². The summed E-state index contributed by atoms with van der Waals surface area (Å²) in [5.41, 5.74) is 2.80. The van der Waals surface area contributed by atoms with Crippen molar-refractivity contribution in [2.24, 2.45) is 0 Å². The van der Waals surface area contributed by atoms with Crippen molar-refractivity contribution in [3.63, 3.8) is 0 Å². The van der Waals surface area contributed by atoms with E-state index in [1.807, 2.05) is 65.5 Å². The quantitative estimate of drug-likeness (QED) is 0.461. The first-order valence-electron chi connectivity index (χ1n) is 9.59. The van der Waals surface area contributed by atoms with Crippen molar-refractivity contribution in [1.82, 2.24) is 9.78 Å². The molecule has 0 radical (unpaired) electrons. The van der Waals surface area contributed by atoms with Gasteiger partial charge in [-0.2, -0.15) is 5.10 Å². The highest BCUT2D eigenvalue weighted by Gasteiger charge is 2.10. The fourth-order valence-electron chi connectivity index (χ4n) is 3.28. The highest BCUT2D eigenvalue weighted by Crippen LogP contribution is 2.24. The predicted octanol–water partition coefficient (Wildman–Crippen LogP) is 4.32. The third-order valence-corrected chi connectivity index (χ3v) is 4.73. The zero-order valence-electron chi connectivity index (χ0n) is 16.0. The molecule has 0 amide bonds. The van der Waals surface area contributed by atoms with Crippen molar-refractivity contribution in [1.29, 1.82) is 0 Å². The lowest BCUT2D eigenvalue weighted by atomic mass is 10.1. The van der Waals surface area contributed by atoms with Gasteiger partial charge in [-0.25, -0.2) is 0 Å². The summed E-state index contributed by atoms with van der Waals surface area (Å²) in [6, 6.07) is 17.7. The number of para-hydroxylation sites is 1. The van der Waals surface area contributed by atoms with Gasteiger partial charge in [0.25, 0.3) is 0 Å². The van der Waals surface area contributed by atoms with Crippen LogP contribution in [0, 0.1) is 0 Å². The van der Waals surface area contributed by atoms with Gasteiger partial charge < -0.3 is 14.3 Å². The number of aliphatic carboxylic acids is 1. The summed E-state index contributed by atoms with van der Waals surface area (Å²) in [4.78, 5) is 11.0. The number of hydrogen-bond acceptors (Lipinski definition) is 4. The van der Waals surface area contributed by atoms with Crippen LogP contribution in [0.25, 0.3) is 11.0 Å². The number of furan rings is 1. The van der Waals surface area contributed by atoms with Crippen LogP contribution in [0.2, 0.25) is 0 Å². The maximum atomic E-state index is 11.0. The third kappa shape index (κ3) is 4.85. The molecule has 0 aliphatic carbocycles. The molecule has 0 aliphatic rings. The zero-order valence-corrected chi connectivity index (χ0v) is 16.0. The van der Waals surface area contributed by atoms with E-state index in [0.717, 1.165) is 27.9 Å².